The zero-order valence-electron chi connectivity index (χ0n) is 15.1. The molecule has 1 aromatic carbocycles. The molecule has 0 spiro atoms. The number of methoxy groups -OCH3 is 1. The number of hydrogen-bond acceptors (Lipinski definition) is 4. The van der Waals surface area contributed by atoms with Gasteiger partial charge in [0.25, 0.3) is 0 Å². The van der Waals surface area contributed by atoms with Crippen molar-refractivity contribution < 1.29 is 14.3 Å². The molecular weight excluding hydrogens is 314 g/mol. The van der Waals surface area contributed by atoms with E-state index in [1.54, 1.807) is 6.26 Å². The van der Waals surface area contributed by atoms with Gasteiger partial charge in [-0.05, 0) is 36.6 Å². The number of nitrogens with zero attached hydrogens (tertiary/aromatic N) is 1. The van der Waals surface area contributed by atoms with E-state index in [1.807, 2.05) is 19.1 Å². The van der Waals surface area contributed by atoms with E-state index in [4.69, 9.17) is 14.1 Å². The van der Waals surface area contributed by atoms with Crippen LogP contribution in [-0.2, 0) is 10.5 Å². The van der Waals surface area contributed by atoms with Crippen molar-refractivity contribution in [3.8, 4) is 0 Å². The third-order valence-electron chi connectivity index (χ3n) is 5.84. The zero-order valence-corrected chi connectivity index (χ0v) is 15.1. The minimum absolute atomic E-state index is 0.00551. The second-order valence-electron chi connectivity index (χ2n) is 7.07. The zero-order chi connectivity index (χ0) is 18.0. The van der Waals surface area contributed by atoms with E-state index in [0.29, 0.717) is 0 Å². The molecule has 1 aliphatic heterocycles. The number of allylic oxidation sites excluding steroid dienone is 3. The molecule has 130 valence electrons. The minimum atomic E-state index is -1.48. The van der Waals surface area contributed by atoms with Gasteiger partial charge < -0.3 is 14.3 Å². The average Bonchev–Trinajstić information content (AvgIpc) is 3.12. The molecule has 2 bridgehead atoms. The van der Waals surface area contributed by atoms with Crippen LogP contribution in [0, 0.1) is 0 Å². The smallest absolute Gasteiger partial charge is 0.219 e. The lowest BCUT2D eigenvalue weighted by atomic mass is 9.81. The fraction of sp³-hybridized carbons (Fsp3) is 0.381. The van der Waals surface area contributed by atoms with Gasteiger partial charge in [-0.3, -0.25) is 4.99 Å². The van der Waals surface area contributed by atoms with Crippen LogP contribution in [0.4, 0.5) is 0 Å². The first-order valence-electron chi connectivity index (χ1n) is 8.67. The van der Waals surface area contributed by atoms with Crippen LogP contribution in [0.15, 0.2) is 52.1 Å². The van der Waals surface area contributed by atoms with Gasteiger partial charge in [0.2, 0.25) is 5.79 Å². The van der Waals surface area contributed by atoms with Gasteiger partial charge in [0.15, 0.2) is 0 Å². The van der Waals surface area contributed by atoms with Gasteiger partial charge in [-0.15, -0.1) is 0 Å². The molecule has 25 heavy (non-hydrogen) atoms. The third kappa shape index (κ3) is 1.81. The summed E-state index contributed by atoms with van der Waals surface area (Å²) in [6.45, 7) is 10.3. The molecule has 0 saturated heterocycles. The summed E-state index contributed by atoms with van der Waals surface area (Å²) >= 11 is 0. The van der Waals surface area contributed by atoms with E-state index in [9.17, 15) is 5.11 Å². The highest BCUT2D eigenvalue weighted by molar-refractivity contribution is 6.21. The molecule has 4 heteroatoms. The van der Waals surface area contributed by atoms with Crippen LogP contribution in [0.2, 0.25) is 0 Å². The number of aliphatic imine (C=N–C) groups is 1. The molecule has 4 rings (SSSR count). The lowest BCUT2D eigenvalue weighted by Crippen LogP contribution is -2.51. The Labute approximate surface area is 147 Å². The summed E-state index contributed by atoms with van der Waals surface area (Å²) in [4.78, 5) is 4.99. The molecule has 2 aromatic rings. The van der Waals surface area contributed by atoms with Crippen molar-refractivity contribution in [3.63, 3.8) is 0 Å². The van der Waals surface area contributed by atoms with E-state index in [2.05, 4.69) is 32.6 Å². The van der Waals surface area contributed by atoms with Crippen LogP contribution in [-0.4, -0.2) is 23.5 Å². The van der Waals surface area contributed by atoms with Crippen LogP contribution in [0.3, 0.4) is 0 Å². The molecule has 2 heterocycles. The first-order valence-corrected chi connectivity index (χ1v) is 8.67. The second kappa shape index (κ2) is 5.16. The lowest BCUT2D eigenvalue weighted by Gasteiger charge is -2.41. The Hall–Kier alpha value is -2.17. The predicted molar refractivity (Wildman–Crippen MR) is 99.0 cm³/mol. The number of ether oxygens (including phenoxy) is 1. The molecule has 3 atom stereocenters. The quantitative estimate of drug-likeness (QED) is 0.663. The SMILES string of the molecule is C=C(/C=C\CC)C1=NC2(C)C(C)c3cc4ccoc4c1c3C2(O)OC. The highest BCUT2D eigenvalue weighted by Gasteiger charge is 2.63. The Balaban J connectivity index is 2.11. The number of furan rings is 1. The normalized spacial score (nSPS) is 30.3. The molecule has 0 radical (unpaired) electrons. The lowest BCUT2D eigenvalue weighted by molar-refractivity contribution is -0.231. The minimum Gasteiger partial charge on any atom is -0.464 e. The van der Waals surface area contributed by atoms with E-state index in [1.165, 1.54) is 7.11 Å². The van der Waals surface area contributed by atoms with Crippen molar-refractivity contribution >= 4 is 16.7 Å². The molecule has 0 saturated carbocycles. The molecule has 4 nitrogen and oxygen atoms in total. The monoisotopic (exact) mass is 337 g/mol. The first-order chi connectivity index (χ1) is 11.9. The Morgan fingerprint density at radius 1 is 1.52 bits per heavy atom. The average molecular weight is 337 g/mol. The maximum atomic E-state index is 11.4. The Morgan fingerprint density at radius 2 is 2.28 bits per heavy atom. The van der Waals surface area contributed by atoms with E-state index in [0.717, 1.165) is 45.4 Å². The molecular formula is C21H23NO3. The van der Waals surface area contributed by atoms with Crippen LogP contribution >= 0.6 is 0 Å². The number of hydrogen-bond donors (Lipinski definition) is 1. The summed E-state index contributed by atoms with van der Waals surface area (Å²) in [5, 5.41) is 12.4. The molecule has 1 aliphatic carbocycles. The van der Waals surface area contributed by atoms with Gasteiger partial charge in [-0.1, -0.05) is 32.6 Å². The van der Waals surface area contributed by atoms with Gasteiger partial charge in [0.1, 0.15) is 11.1 Å². The van der Waals surface area contributed by atoms with Gasteiger partial charge >= 0.3 is 0 Å². The Bertz CT molecular complexity index is 951. The van der Waals surface area contributed by atoms with Crippen molar-refractivity contribution in [2.45, 2.75) is 44.4 Å². The predicted octanol–water partition coefficient (Wildman–Crippen LogP) is 4.43. The largest absolute Gasteiger partial charge is 0.464 e. The van der Waals surface area contributed by atoms with Gasteiger partial charge in [0, 0.05) is 24.0 Å². The van der Waals surface area contributed by atoms with Gasteiger partial charge in [-0.2, -0.15) is 0 Å². The number of rotatable bonds is 4. The summed E-state index contributed by atoms with van der Waals surface area (Å²) < 4.78 is 11.4. The van der Waals surface area contributed by atoms with E-state index < -0.39 is 11.3 Å². The van der Waals surface area contributed by atoms with Gasteiger partial charge in [0.05, 0.1) is 17.5 Å². The van der Waals surface area contributed by atoms with Crippen LogP contribution in [0.1, 0.15) is 49.8 Å². The molecule has 0 fully saturated rings. The molecule has 0 amide bonds. The van der Waals surface area contributed by atoms with Crippen molar-refractivity contribution in [3.05, 3.63) is 59.4 Å². The number of aliphatic hydroxyl groups is 1. The van der Waals surface area contributed by atoms with Crippen molar-refractivity contribution in [2.24, 2.45) is 4.99 Å². The topological polar surface area (TPSA) is 55.0 Å². The molecule has 1 N–H and O–H groups in total. The Morgan fingerprint density at radius 3 is 2.96 bits per heavy atom. The standard InChI is InChI=1S/C21H23NO3/c1-6-7-8-12(2)18-16-17-15(11-14-9-10-25-19(14)16)13(3)20(4,22-18)21(17,23)24-5/h7-11,13,23H,2,6H2,1,3-5H3/b8-7-. The fourth-order valence-electron chi connectivity index (χ4n) is 4.26. The van der Waals surface area contributed by atoms with Crippen molar-refractivity contribution in [1.29, 1.82) is 0 Å². The van der Waals surface area contributed by atoms with Crippen LogP contribution < -0.4 is 0 Å². The highest BCUT2D eigenvalue weighted by Crippen LogP contribution is 2.59. The number of fused-ring (bicyclic) bond motifs is 3. The van der Waals surface area contributed by atoms with E-state index in [-0.39, 0.29) is 5.92 Å². The second-order valence-corrected chi connectivity index (χ2v) is 7.07. The number of benzene rings is 1. The van der Waals surface area contributed by atoms with Crippen LogP contribution in [0.25, 0.3) is 11.0 Å². The summed E-state index contributed by atoms with van der Waals surface area (Å²) in [7, 11) is 1.53. The Kier molecular flexibility index (Phi) is 3.37. The maximum absolute atomic E-state index is 11.4. The molecule has 3 unspecified atom stereocenters. The molecule has 2 aliphatic rings. The summed E-state index contributed by atoms with van der Waals surface area (Å²) in [5.74, 6) is -1.47. The first kappa shape index (κ1) is 16.3. The summed E-state index contributed by atoms with van der Waals surface area (Å²) in [5.41, 5.74) is 4.12. The fourth-order valence-corrected chi connectivity index (χ4v) is 4.26. The molecule has 1 aromatic heterocycles. The third-order valence-corrected chi connectivity index (χ3v) is 5.84. The highest BCUT2D eigenvalue weighted by atomic mass is 16.6. The summed E-state index contributed by atoms with van der Waals surface area (Å²) in [6.07, 6.45) is 6.63. The van der Waals surface area contributed by atoms with Crippen LogP contribution in [0.5, 0.6) is 0 Å². The van der Waals surface area contributed by atoms with Crippen molar-refractivity contribution in [2.75, 3.05) is 7.11 Å². The van der Waals surface area contributed by atoms with Gasteiger partial charge in [-0.25, -0.2) is 0 Å². The maximum Gasteiger partial charge on any atom is 0.219 e. The van der Waals surface area contributed by atoms with Crippen molar-refractivity contribution in [1.82, 2.24) is 0 Å². The van der Waals surface area contributed by atoms with E-state index >= 15 is 0 Å². The summed E-state index contributed by atoms with van der Waals surface area (Å²) in [6, 6.07) is 4.03.